The number of fused-ring (bicyclic) bond motifs is 3. The predicted octanol–water partition coefficient (Wildman–Crippen LogP) is 3.96. The number of hydrogen-bond donors (Lipinski definition) is 0. The van der Waals surface area contributed by atoms with E-state index in [2.05, 4.69) is 63.0 Å². The zero-order valence-corrected chi connectivity index (χ0v) is 11.4. The van der Waals surface area contributed by atoms with Gasteiger partial charge in [0.25, 0.3) is 0 Å². The van der Waals surface area contributed by atoms with Crippen molar-refractivity contribution in [1.29, 1.82) is 0 Å². The molecule has 1 saturated heterocycles. The summed E-state index contributed by atoms with van der Waals surface area (Å²) in [5.41, 5.74) is 2.58. The van der Waals surface area contributed by atoms with Crippen LogP contribution < -0.4 is 0 Å². The van der Waals surface area contributed by atoms with Crippen molar-refractivity contribution < 1.29 is 4.74 Å². The Morgan fingerprint density at radius 1 is 1.11 bits per heavy atom. The molecule has 2 nitrogen and oxygen atoms in total. The second kappa shape index (κ2) is 3.84. The van der Waals surface area contributed by atoms with E-state index in [9.17, 15) is 0 Å². The van der Waals surface area contributed by atoms with Crippen molar-refractivity contribution in [3.8, 4) is 0 Å². The molecule has 0 unspecified atom stereocenters. The van der Waals surface area contributed by atoms with E-state index in [0.29, 0.717) is 6.10 Å². The summed E-state index contributed by atoms with van der Waals surface area (Å²) in [6.07, 6.45) is 0.396. The molecule has 1 atom stereocenters. The molecule has 1 aliphatic heterocycles. The van der Waals surface area contributed by atoms with Gasteiger partial charge in [-0.3, -0.25) is 0 Å². The van der Waals surface area contributed by atoms with Crippen molar-refractivity contribution in [3.05, 3.63) is 46.9 Å². The van der Waals surface area contributed by atoms with E-state index in [1.165, 1.54) is 21.8 Å². The molecule has 0 N–H and O–H groups in total. The van der Waals surface area contributed by atoms with E-state index < -0.39 is 0 Å². The summed E-state index contributed by atoms with van der Waals surface area (Å²) in [4.78, 5) is 0. The zero-order chi connectivity index (χ0) is 12.1. The number of epoxide rings is 1. The fourth-order valence-corrected chi connectivity index (χ4v) is 2.96. The van der Waals surface area contributed by atoms with Gasteiger partial charge in [-0.15, -0.1) is 0 Å². The molecule has 0 bridgehead atoms. The van der Waals surface area contributed by atoms with Crippen LogP contribution in [0.5, 0.6) is 0 Å². The number of halogens is 1. The molecule has 4 rings (SSSR count). The number of ether oxygens (including phenoxy) is 1. The van der Waals surface area contributed by atoms with Crippen molar-refractivity contribution >= 4 is 37.7 Å². The molecule has 0 spiro atoms. The Kier molecular flexibility index (Phi) is 2.26. The van der Waals surface area contributed by atoms with Crippen LogP contribution in [-0.4, -0.2) is 17.3 Å². The Bertz CT molecular complexity index is 743. The molecule has 0 radical (unpaired) electrons. The minimum atomic E-state index is 0.396. The molecular formula is C15H12BrNO. The third kappa shape index (κ3) is 1.58. The van der Waals surface area contributed by atoms with Crippen molar-refractivity contribution in [2.24, 2.45) is 0 Å². The minimum Gasteiger partial charge on any atom is -0.371 e. The standard InChI is InChI=1S/C15H12BrNO/c16-10-5-6-15-13(7-10)12-3-1-2-4-14(12)17(15)8-11-9-18-11/h1-7,11H,8-9H2/t11-/m0/s1. The lowest BCUT2D eigenvalue weighted by Crippen LogP contribution is -2.03. The van der Waals surface area contributed by atoms with Gasteiger partial charge in [-0.25, -0.2) is 0 Å². The second-order valence-corrected chi connectivity index (χ2v) is 5.66. The number of benzene rings is 2. The largest absolute Gasteiger partial charge is 0.371 e. The van der Waals surface area contributed by atoms with Gasteiger partial charge in [0, 0.05) is 26.3 Å². The van der Waals surface area contributed by atoms with Gasteiger partial charge in [-0.1, -0.05) is 34.1 Å². The summed E-state index contributed by atoms with van der Waals surface area (Å²) >= 11 is 3.56. The molecule has 2 heterocycles. The Balaban J connectivity index is 2.09. The van der Waals surface area contributed by atoms with Gasteiger partial charge >= 0.3 is 0 Å². The molecule has 0 aliphatic carbocycles. The highest BCUT2D eigenvalue weighted by Gasteiger charge is 2.24. The summed E-state index contributed by atoms with van der Waals surface area (Å²) in [7, 11) is 0. The van der Waals surface area contributed by atoms with Crippen LogP contribution >= 0.6 is 15.9 Å². The third-order valence-electron chi connectivity index (χ3n) is 3.52. The van der Waals surface area contributed by atoms with Crippen LogP contribution in [-0.2, 0) is 11.3 Å². The Morgan fingerprint density at radius 3 is 2.72 bits per heavy atom. The number of aromatic nitrogens is 1. The predicted molar refractivity (Wildman–Crippen MR) is 76.9 cm³/mol. The minimum absolute atomic E-state index is 0.396. The molecule has 1 fully saturated rings. The van der Waals surface area contributed by atoms with E-state index in [-0.39, 0.29) is 0 Å². The molecular weight excluding hydrogens is 290 g/mol. The second-order valence-electron chi connectivity index (χ2n) is 4.74. The van der Waals surface area contributed by atoms with Gasteiger partial charge in [-0.05, 0) is 24.3 Å². The lowest BCUT2D eigenvalue weighted by atomic mass is 10.2. The topological polar surface area (TPSA) is 17.5 Å². The molecule has 3 heteroatoms. The molecule has 1 aliphatic rings. The first kappa shape index (κ1) is 10.6. The third-order valence-corrected chi connectivity index (χ3v) is 4.02. The lowest BCUT2D eigenvalue weighted by molar-refractivity contribution is 0.387. The number of rotatable bonds is 2. The van der Waals surface area contributed by atoms with Crippen molar-refractivity contribution in [2.75, 3.05) is 6.61 Å². The van der Waals surface area contributed by atoms with Gasteiger partial charge in [0.05, 0.1) is 19.3 Å². The summed E-state index contributed by atoms with van der Waals surface area (Å²) in [5, 5.41) is 2.62. The molecule has 3 aromatic rings. The molecule has 0 saturated carbocycles. The summed E-state index contributed by atoms with van der Waals surface area (Å²) in [5.74, 6) is 0. The average molecular weight is 302 g/mol. The number of nitrogens with zero attached hydrogens (tertiary/aromatic N) is 1. The highest BCUT2D eigenvalue weighted by atomic mass is 79.9. The van der Waals surface area contributed by atoms with E-state index >= 15 is 0 Å². The lowest BCUT2D eigenvalue weighted by Gasteiger charge is -2.04. The number of hydrogen-bond acceptors (Lipinski definition) is 1. The summed E-state index contributed by atoms with van der Waals surface area (Å²) in [6.45, 7) is 1.84. The highest BCUT2D eigenvalue weighted by molar-refractivity contribution is 9.10. The van der Waals surface area contributed by atoms with Crippen LogP contribution in [0.3, 0.4) is 0 Å². The molecule has 1 aromatic heterocycles. The van der Waals surface area contributed by atoms with Crippen molar-refractivity contribution in [2.45, 2.75) is 12.6 Å². The molecule has 18 heavy (non-hydrogen) atoms. The van der Waals surface area contributed by atoms with Gasteiger partial charge in [-0.2, -0.15) is 0 Å². The van der Waals surface area contributed by atoms with Crippen LogP contribution in [0.25, 0.3) is 21.8 Å². The number of para-hydroxylation sites is 1. The molecule has 2 aromatic carbocycles. The van der Waals surface area contributed by atoms with E-state index in [1.807, 2.05) is 0 Å². The van der Waals surface area contributed by atoms with Crippen LogP contribution in [0, 0.1) is 0 Å². The maximum absolute atomic E-state index is 5.37. The first-order chi connectivity index (χ1) is 8.83. The van der Waals surface area contributed by atoms with Gasteiger partial charge < -0.3 is 9.30 Å². The van der Waals surface area contributed by atoms with E-state index in [0.717, 1.165) is 17.6 Å². The van der Waals surface area contributed by atoms with Crippen molar-refractivity contribution in [1.82, 2.24) is 4.57 Å². The highest BCUT2D eigenvalue weighted by Crippen LogP contribution is 2.32. The first-order valence-corrected chi connectivity index (χ1v) is 6.90. The first-order valence-electron chi connectivity index (χ1n) is 6.11. The van der Waals surface area contributed by atoms with Crippen LogP contribution in [0.1, 0.15) is 0 Å². The molecule has 90 valence electrons. The van der Waals surface area contributed by atoms with Gasteiger partial charge in [0.1, 0.15) is 0 Å². The van der Waals surface area contributed by atoms with Gasteiger partial charge in [0.2, 0.25) is 0 Å². The summed E-state index contributed by atoms with van der Waals surface area (Å²) < 4.78 is 8.87. The Morgan fingerprint density at radius 2 is 1.89 bits per heavy atom. The van der Waals surface area contributed by atoms with Crippen molar-refractivity contribution in [3.63, 3.8) is 0 Å². The Hall–Kier alpha value is -1.32. The van der Waals surface area contributed by atoms with Crippen LogP contribution in [0.4, 0.5) is 0 Å². The fraction of sp³-hybridized carbons (Fsp3) is 0.200. The quantitative estimate of drug-likeness (QED) is 0.655. The van der Waals surface area contributed by atoms with Crippen LogP contribution in [0.15, 0.2) is 46.9 Å². The normalized spacial score (nSPS) is 18.6. The molecule has 0 amide bonds. The SMILES string of the molecule is Brc1ccc2c(c1)c1ccccc1n2C[C@H]1CO1. The maximum atomic E-state index is 5.37. The monoisotopic (exact) mass is 301 g/mol. The summed E-state index contributed by atoms with van der Waals surface area (Å²) in [6, 6.07) is 15.1. The zero-order valence-electron chi connectivity index (χ0n) is 9.77. The average Bonchev–Trinajstić information content (AvgIpc) is 3.15. The maximum Gasteiger partial charge on any atom is 0.0988 e. The van der Waals surface area contributed by atoms with E-state index in [4.69, 9.17) is 4.74 Å². The fourth-order valence-electron chi connectivity index (χ4n) is 2.60. The Labute approximate surface area is 113 Å². The van der Waals surface area contributed by atoms with E-state index in [1.54, 1.807) is 0 Å². The van der Waals surface area contributed by atoms with Gasteiger partial charge in [0.15, 0.2) is 0 Å². The smallest absolute Gasteiger partial charge is 0.0988 e. The van der Waals surface area contributed by atoms with Crippen LogP contribution in [0.2, 0.25) is 0 Å².